The van der Waals surface area contributed by atoms with Crippen LogP contribution in [0, 0.1) is 3.95 Å². The van der Waals surface area contributed by atoms with E-state index in [2.05, 4.69) is 21.4 Å². The zero-order valence-corrected chi connectivity index (χ0v) is 15.3. The van der Waals surface area contributed by atoms with Gasteiger partial charge in [-0.05, 0) is 48.5 Å². The molecule has 0 radical (unpaired) electrons. The third kappa shape index (κ3) is 3.13. The summed E-state index contributed by atoms with van der Waals surface area (Å²) < 4.78 is 2.60. The molecule has 1 saturated carbocycles. The molecule has 0 atom stereocenters. The predicted octanol–water partition coefficient (Wildman–Crippen LogP) is 3.27. The Bertz CT molecular complexity index is 789. The molecule has 2 aliphatic rings. The summed E-state index contributed by atoms with van der Waals surface area (Å²) >= 11 is 8.76. The lowest BCUT2D eigenvalue weighted by atomic mass is 10.1. The summed E-state index contributed by atoms with van der Waals surface area (Å²) in [4.78, 5) is 17.6. The molecule has 5 nitrogen and oxygen atoms in total. The van der Waals surface area contributed by atoms with Crippen molar-refractivity contribution >= 4 is 45.9 Å². The molecule has 0 spiro atoms. The van der Waals surface area contributed by atoms with Gasteiger partial charge in [0.1, 0.15) is 0 Å². The molecule has 2 aromatic heterocycles. The number of anilines is 1. The second kappa shape index (κ2) is 6.08. The molecule has 23 heavy (non-hydrogen) atoms. The Morgan fingerprint density at radius 1 is 1.52 bits per heavy atom. The van der Waals surface area contributed by atoms with Crippen LogP contribution in [0.25, 0.3) is 0 Å². The molecular formula is C15H18N4OS3. The summed E-state index contributed by atoms with van der Waals surface area (Å²) in [6.07, 6.45) is 3.23. The molecule has 0 unspecified atom stereocenters. The van der Waals surface area contributed by atoms with Gasteiger partial charge in [0.15, 0.2) is 3.95 Å². The Hall–Kier alpha value is -1.09. The first-order valence-electron chi connectivity index (χ1n) is 7.77. The molecule has 1 fully saturated rings. The highest BCUT2D eigenvalue weighted by atomic mass is 32.1. The molecule has 1 amide bonds. The van der Waals surface area contributed by atoms with E-state index in [1.54, 1.807) is 6.92 Å². The SMILES string of the molecule is CC(=O)N(c1nn(CN2CCc3sccc3C2)c(=S)s1)C1CC1. The van der Waals surface area contributed by atoms with Gasteiger partial charge in [-0.1, -0.05) is 11.3 Å². The van der Waals surface area contributed by atoms with Gasteiger partial charge < -0.3 is 0 Å². The van der Waals surface area contributed by atoms with E-state index in [1.165, 1.54) is 21.8 Å². The average molecular weight is 367 g/mol. The zero-order valence-electron chi connectivity index (χ0n) is 12.9. The molecule has 1 aliphatic carbocycles. The highest BCUT2D eigenvalue weighted by Crippen LogP contribution is 2.33. The van der Waals surface area contributed by atoms with Gasteiger partial charge in [0.25, 0.3) is 0 Å². The highest BCUT2D eigenvalue weighted by Gasteiger charge is 2.34. The first kappa shape index (κ1) is 15.4. The summed E-state index contributed by atoms with van der Waals surface area (Å²) in [6, 6.07) is 2.53. The minimum Gasteiger partial charge on any atom is -0.284 e. The Balaban J connectivity index is 1.52. The van der Waals surface area contributed by atoms with Crippen molar-refractivity contribution in [3.63, 3.8) is 0 Å². The van der Waals surface area contributed by atoms with Crippen LogP contribution in [0.4, 0.5) is 5.13 Å². The van der Waals surface area contributed by atoms with Crippen molar-refractivity contribution in [2.24, 2.45) is 0 Å². The number of rotatable bonds is 4. The molecule has 0 bridgehead atoms. The monoisotopic (exact) mass is 366 g/mol. The van der Waals surface area contributed by atoms with Gasteiger partial charge in [-0.15, -0.1) is 16.4 Å². The molecule has 3 heterocycles. The van der Waals surface area contributed by atoms with Gasteiger partial charge in [0.05, 0.1) is 6.67 Å². The zero-order chi connectivity index (χ0) is 16.0. The molecule has 0 saturated heterocycles. The molecule has 2 aromatic rings. The van der Waals surface area contributed by atoms with Crippen LogP contribution in [-0.4, -0.2) is 33.2 Å². The van der Waals surface area contributed by atoms with Crippen LogP contribution >= 0.6 is 34.9 Å². The maximum absolute atomic E-state index is 11.9. The van der Waals surface area contributed by atoms with E-state index in [1.807, 2.05) is 20.9 Å². The second-order valence-corrected chi connectivity index (χ2v) is 8.69. The van der Waals surface area contributed by atoms with Crippen LogP contribution in [0.1, 0.15) is 30.2 Å². The van der Waals surface area contributed by atoms with Gasteiger partial charge >= 0.3 is 0 Å². The van der Waals surface area contributed by atoms with Crippen LogP contribution in [-0.2, 0) is 24.4 Å². The summed E-state index contributed by atoms with van der Waals surface area (Å²) in [6.45, 7) is 4.28. The van der Waals surface area contributed by atoms with Crippen LogP contribution in [0.15, 0.2) is 11.4 Å². The highest BCUT2D eigenvalue weighted by molar-refractivity contribution is 7.73. The number of hydrogen-bond donors (Lipinski definition) is 0. The molecule has 122 valence electrons. The number of nitrogens with zero attached hydrogens (tertiary/aromatic N) is 4. The van der Waals surface area contributed by atoms with Crippen molar-refractivity contribution in [2.45, 2.75) is 45.4 Å². The van der Waals surface area contributed by atoms with E-state index >= 15 is 0 Å². The first-order chi connectivity index (χ1) is 11.1. The predicted molar refractivity (Wildman–Crippen MR) is 95.6 cm³/mol. The summed E-state index contributed by atoms with van der Waals surface area (Å²) in [7, 11) is 0. The quantitative estimate of drug-likeness (QED) is 0.779. The van der Waals surface area contributed by atoms with Gasteiger partial charge in [0.2, 0.25) is 11.0 Å². The molecule has 8 heteroatoms. The maximum Gasteiger partial charge on any atom is 0.225 e. The average Bonchev–Trinajstić information content (AvgIpc) is 3.10. The minimum atomic E-state index is 0.0595. The fourth-order valence-electron chi connectivity index (χ4n) is 2.98. The van der Waals surface area contributed by atoms with Crippen molar-refractivity contribution in [2.75, 3.05) is 11.4 Å². The summed E-state index contributed by atoms with van der Waals surface area (Å²) in [5, 5.41) is 7.54. The van der Waals surface area contributed by atoms with E-state index in [-0.39, 0.29) is 5.91 Å². The van der Waals surface area contributed by atoms with Gasteiger partial charge in [0, 0.05) is 30.9 Å². The Morgan fingerprint density at radius 2 is 2.35 bits per heavy atom. The number of hydrogen-bond acceptors (Lipinski definition) is 6. The molecule has 0 N–H and O–H groups in total. The maximum atomic E-state index is 11.9. The van der Waals surface area contributed by atoms with Crippen molar-refractivity contribution < 1.29 is 4.79 Å². The smallest absolute Gasteiger partial charge is 0.225 e. The number of carbonyl (C=O) groups excluding carboxylic acids is 1. The number of carbonyl (C=O) groups is 1. The van der Waals surface area contributed by atoms with Crippen molar-refractivity contribution in [1.82, 2.24) is 14.7 Å². The largest absolute Gasteiger partial charge is 0.284 e. The van der Waals surface area contributed by atoms with Crippen LogP contribution < -0.4 is 4.90 Å². The second-order valence-electron chi connectivity index (χ2n) is 6.08. The molecule has 0 aromatic carbocycles. The summed E-state index contributed by atoms with van der Waals surface area (Å²) in [5.74, 6) is 0.0595. The molecule has 1 aliphatic heterocycles. The lowest BCUT2D eigenvalue weighted by Crippen LogP contribution is -2.33. The lowest BCUT2D eigenvalue weighted by Gasteiger charge is -2.26. The van der Waals surface area contributed by atoms with E-state index < -0.39 is 0 Å². The van der Waals surface area contributed by atoms with Crippen molar-refractivity contribution in [3.8, 4) is 0 Å². The lowest BCUT2D eigenvalue weighted by molar-refractivity contribution is -0.116. The Morgan fingerprint density at radius 3 is 3.09 bits per heavy atom. The summed E-state index contributed by atoms with van der Waals surface area (Å²) in [5.41, 5.74) is 1.42. The van der Waals surface area contributed by atoms with Crippen molar-refractivity contribution in [3.05, 3.63) is 25.8 Å². The third-order valence-electron chi connectivity index (χ3n) is 4.27. The number of thiophene rings is 1. The Kier molecular flexibility index (Phi) is 4.08. The number of fused-ring (bicyclic) bond motifs is 1. The van der Waals surface area contributed by atoms with E-state index in [0.717, 1.165) is 41.4 Å². The van der Waals surface area contributed by atoms with E-state index in [9.17, 15) is 4.79 Å². The normalized spacial score (nSPS) is 18.0. The Labute approximate surface area is 148 Å². The number of aromatic nitrogens is 2. The molecule has 4 rings (SSSR count). The van der Waals surface area contributed by atoms with E-state index in [0.29, 0.717) is 12.7 Å². The van der Waals surface area contributed by atoms with Crippen LogP contribution in [0.2, 0.25) is 0 Å². The van der Waals surface area contributed by atoms with Gasteiger partial charge in [-0.3, -0.25) is 14.6 Å². The standard InChI is InChI=1S/C15H18N4OS3/c1-10(20)19(12-2-3-12)14-16-18(15(21)23-14)9-17-6-4-13-11(8-17)5-7-22-13/h5,7,12H,2-4,6,8-9H2,1H3. The van der Waals surface area contributed by atoms with Crippen molar-refractivity contribution in [1.29, 1.82) is 0 Å². The van der Waals surface area contributed by atoms with Gasteiger partial charge in [-0.25, -0.2) is 4.68 Å². The minimum absolute atomic E-state index is 0.0595. The van der Waals surface area contributed by atoms with E-state index in [4.69, 9.17) is 12.2 Å². The topological polar surface area (TPSA) is 41.4 Å². The molecular weight excluding hydrogens is 348 g/mol. The third-order valence-corrected chi connectivity index (χ3v) is 6.60. The first-order valence-corrected chi connectivity index (χ1v) is 9.87. The fraction of sp³-hybridized carbons (Fsp3) is 0.533. The fourth-order valence-corrected chi connectivity index (χ4v) is 5.07. The van der Waals surface area contributed by atoms with Gasteiger partial charge in [-0.2, -0.15) is 0 Å². The van der Waals surface area contributed by atoms with Crippen LogP contribution in [0.5, 0.6) is 0 Å². The van der Waals surface area contributed by atoms with Crippen LogP contribution in [0.3, 0.4) is 0 Å². The number of amides is 1.